The maximum absolute atomic E-state index is 13.1. The highest BCUT2D eigenvalue weighted by Gasteiger charge is 2.34. The lowest BCUT2D eigenvalue weighted by Crippen LogP contribution is -2.54. The first-order valence-corrected chi connectivity index (χ1v) is 9.10. The molecule has 1 saturated heterocycles. The molecule has 0 saturated carbocycles. The molecule has 0 radical (unpaired) electrons. The fourth-order valence-corrected chi connectivity index (χ4v) is 3.24. The Morgan fingerprint density at radius 3 is 2.39 bits per heavy atom. The Bertz CT molecular complexity index is 1110. The molecule has 1 N–H and O–H groups in total. The van der Waals surface area contributed by atoms with Crippen molar-refractivity contribution in [1.29, 1.82) is 0 Å². The van der Waals surface area contributed by atoms with Crippen LogP contribution in [-0.2, 0) is 9.59 Å². The molecule has 0 spiro atoms. The molecular weight excluding hydrogens is 396 g/mol. The average Bonchev–Trinajstić information content (AvgIpc) is 3.15. The second-order valence-corrected chi connectivity index (χ2v) is 6.76. The maximum atomic E-state index is 13.1. The zero-order chi connectivity index (χ0) is 19.7. The Labute approximate surface area is 171 Å². The highest BCUT2D eigenvalue weighted by molar-refractivity contribution is 7.80. The Hall–Kier alpha value is -3.29. The molecule has 2 heterocycles. The lowest BCUT2D eigenvalue weighted by atomic mass is 10.1. The summed E-state index contributed by atoms with van der Waals surface area (Å²) in [6.07, 6.45) is 3.11. The minimum Gasteiger partial charge on any atom is -0.298 e. The van der Waals surface area contributed by atoms with Crippen LogP contribution in [0.15, 0.2) is 72.4 Å². The van der Waals surface area contributed by atoms with Gasteiger partial charge in [0.2, 0.25) is 0 Å². The predicted molar refractivity (Wildman–Crippen MR) is 111 cm³/mol. The predicted octanol–water partition coefficient (Wildman–Crippen LogP) is 3.36. The Morgan fingerprint density at radius 1 is 0.964 bits per heavy atom. The lowest BCUT2D eigenvalue weighted by Gasteiger charge is -2.28. The molecule has 1 aliphatic rings. The van der Waals surface area contributed by atoms with Gasteiger partial charge in [0.25, 0.3) is 11.8 Å². The number of anilines is 1. The number of hydrogen-bond donors (Lipinski definition) is 1. The molecule has 1 aromatic heterocycles. The topological polar surface area (TPSA) is 67.2 Å². The normalized spacial score (nSPS) is 15.8. The summed E-state index contributed by atoms with van der Waals surface area (Å²) in [7, 11) is 0. The summed E-state index contributed by atoms with van der Waals surface area (Å²) in [5.74, 6) is -1.07. The van der Waals surface area contributed by atoms with Crippen LogP contribution in [0.4, 0.5) is 5.69 Å². The fraction of sp³-hybridized carbons (Fsp3) is 0. The van der Waals surface area contributed by atoms with E-state index in [1.54, 1.807) is 41.2 Å². The molecule has 0 bridgehead atoms. The van der Waals surface area contributed by atoms with Crippen LogP contribution in [0.3, 0.4) is 0 Å². The zero-order valence-corrected chi connectivity index (χ0v) is 15.9. The van der Waals surface area contributed by atoms with Gasteiger partial charge >= 0.3 is 0 Å². The van der Waals surface area contributed by atoms with E-state index in [0.717, 1.165) is 5.69 Å². The number of amides is 2. The van der Waals surface area contributed by atoms with Crippen LogP contribution in [-0.4, -0.2) is 26.7 Å². The van der Waals surface area contributed by atoms with Crippen LogP contribution in [0.5, 0.6) is 0 Å². The van der Waals surface area contributed by atoms with Crippen molar-refractivity contribution in [3.8, 4) is 5.69 Å². The van der Waals surface area contributed by atoms with Gasteiger partial charge in [0.15, 0.2) is 5.11 Å². The van der Waals surface area contributed by atoms with E-state index in [2.05, 4.69) is 10.4 Å². The van der Waals surface area contributed by atoms with Crippen molar-refractivity contribution < 1.29 is 9.59 Å². The molecule has 1 aliphatic heterocycles. The smallest absolute Gasteiger partial charge is 0.270 e. The van der Waals surface area contributed by atoms with Gasteiger partial charge in [-0.15, -0.1) is 0 Å². The third-order valence-corrected chi connectivity index (χ3v) is 4.69. The van der Waals surface area contributed by atoms with Gasteiger partial charge in [-0.1, -0.05) is 29.8 Å². The quantitative estimate of drug-likeness (QED) is 0.410. The second kappa shape index (κ2) is 7.38. The van der Waals surface area contributed by atoms with Crippen molar-refractivity contribution in [3.63, 3.8) is 0 Å². The summed E-state index contributed by atoms with van der Waals surface area (Å²) in [6, 6.07) is 17.8. The number of hydrogen-bond acceptors (Lipinski definition) is 4. The SMILES string of the molecule is O=C1NC(=S)N(c2ccc(Cl)cc2)C(=O)/C1=C/c1ccnn1-c1ccccc1. The standard InChI is InChI=1S/C20H13ClN4O2S/c21-13-6-8-14(9-7-13)24-19(27)17(18(26)23-20(24)28)12-16-10-11-22-25(16)15-4-2-1-3-5-15/h1-12H,(H,23,26,28)/b17-12+. The summed E-state index contributed by atoms with van der Waals surface area (Å²) >= 11 is 11.1. The van der Waals surface area contributed by atoms with Crippen molar-refractivity contribution in [2.24, 2.45) is 0 Å². The Balaban J connectivity index is 1.74. The van der Waals surface area contributed by atoms with Crippen molar-refractivity contribution in [1.82, 2.24) is 15.1 Å². The molecule has 0 atom stereocenters. The van der Waals surface area contributed by atoms with Crippen molar-refractivity contribution in [3.05, 3.63) is 83.2 Å². The van der Waals surface area contributed by atoms with Gasteiger partial charge in [0, 0.05) is 5.02 Å². The number of thiocarbonyl (C=S) groups is 1. The van der Waals surface area contributed by atoms with E-state index in [4.69, 9.17) is 23.8 Å². The number of carbonyl (C=O) groups excluding carboxylic acids is 2. The molecular formula is C20H13ClN4O2S. The van der Waals surface area contributed by atoms with Crippen LogP contribution >= 0.6 is 23.8 Å². The van der Waals surface area contributed by atoms with Crippen LogP contribution < -0.4 is 10.2 Å². The maximum Gasteiger partial charge on any atom is 0.270 e. The van der Waals surface area contributed by atoms with Gasteiger partial charge in [-0.3, -0.25) is 19.8 Å². The van der Waals surface area contributed by atoms with E-state index in [0.29, 0.717) is 16.4 Å². The van der Waals surface area contributed by atoms with Gasteiger partial charge < -0.3 is 0 Å². The molecule has 1 fully saturated rings. The third-order valence-electron chi connectivity index (χ3n) is 4.15. The van der Waals surface area contributed by atoms with E-state index in [9.17, 15) is 9.59 Å². The molecule has 0 unspecified atom stereocenters. The molecule has 4 rings (SSSR count). The highest BCUT2D eigenvalue weighted by Crippen LogP contribution is 2.24. The minimum atomic E-state index is -0.555. The van der Waals surface area contributed by atoms with Crippen LogP contribution in [0.25, 0.3) is 11.8 Å². The molecule has 0 aliphatic carbocycles. The second-order valence-electron chi connectivity index (χ2n) is 5.94. The number of halogens is 1. The van der Waals surface area contributed by atoms with E-state index < -0.39 is 11.8 Å². The summed E-state index contributed by atoms with van der Waals surface area (Å²) < 4.78 is 1.65. The highest BCUT2D eigenvalue weighted by atomic mass is 35.5. The summed E-state index contributed by atoms with van der Waals surface area (Å²) in [5.41, 5.74) is 1.88. The average molecular weight is 409 g/mol. The Kier molecular flexibility index (Phi) is 4.77. The van der Waals surface area contributed by atoms with Crippen LogP contribution in [0.1, 0.15) is 5.69 Å². The molecule has 2 aromatic carbocycles. The first kappa shape index (κ1) is 18.1. The van der Waals surface area contributed by atoms with Crippen molar-refractivity contribution in [2.75, 3.05) is 4.90 Å². The van der Waals surface area contributed by atoms with Gasteiger partial charge in [-0.05, 0) is 60.8 Å². The first-order chi connectivity index (χ1) is 13.5. The van der Waals surface area contributed by atoms with Crippen LogP contribution in [0, 0.1) is 0 Å². The summed E-state index contributed by atoms with van der Waals surface area (Å²) in [4.78, 5) is 26.8. The molecule has 3 aromatic rings. The van der Waals surface area contributed by atoms with Gasteiger partial charge in [-0.25, -0.2) is 4.68 Å². The molecule has 28 heavy (non-hydrogen) atoms. The summed E-state index contributed by atoms with van der Waals surface area (Å²) in [5, 5.41) is 7.39. The van der Waals surface area contributed by atoms with E-state index >= 15 is 0 Å². The Morgan fingerprint density at radius 2 is 1.68 bits per heavy atom. The molecule has 138 valence electrons. The van der Waals surface area contributed by atoms with Crippen LogP contribution in [0.2, 0.25) is 5.02 Å². The largest absolute Gasteiger partial charge is 0.298 e. The monoisotopic (exact) mass is 408 g/mol. The molecule has 2 amide bonds. The van der Waals surface area contributed by atoms with Crippen molar-refractivity contribution >= 4 is 52.5 Å². The zero-order valence-electron chi connectivity index (χ0n) is 14.4. The number of benzene rings is 2. The third kappa shape index (κ3) is 3.33. The fourth-order valence-electron chi connectivity index (χ4n) is 2.84. The number of rotatable bonds is 3. The number of nitrogens with zero attached hydrogens (tertiary/aromatic N) is 3. The lowest BCUT2D eigenvalue weighted by molar-refractivity contribution is -0.122. The molecule has 8 heteroatoms. The van der Waals surface area contributed by atoms with Gasteiger partial charge in [0.1, 0.15) is 5.57 Å². The first-order valence-electron chi connectivity index (χ1n) is 8.31. The van der Waals surface area contributed by atoms with Crippen molar-refractivity contribution in [2.45, 2.75) is 0 Å². The van der Waals surface area contributed by atoms with Gasteiger partial charge in [0.05, 0.1) is 23.3 Å². The number of nitrogens with one attached hydrogen (secondary N) is 1. The minimum absolute atomic E-state index is 0.0195. The molecule has 6 nitrogen and oxygen atoms in total. The van der Waals surface area contributed by atoms with E-state index in [1.807, 2.05) is 30.3 Å². The number of para-hydroxylation sites is 1. The van der Waals surface area contributed by atoms with Gasteiger partial charge in [-0.2, -0.15) is 5.10 Å². The summed E-state index contributed by atoms with van der Waals surface area (Å²) in [6.45, 7) is 0. The van der Waals surface area contributed by atoms with E-state index in [1.165, 1.54) is 11.0 Å². The number of aromatic nitrogens is 2. The number of carbonyl (C=O) groups is 2. The van der Waals surface area contributed by atoms with E-state index in [-0.39, 0.29) is 10.7 Å².